The van der Waals surface area contributed by atoms with E-state index in [9.17, 15) is 4.79 Å². The minimum absolute atomic E-state index is 0.0223. The van der Waals surface area contributed by atoms with Crippen molar-refractivity contribution in [2.24, 2.45) is 0 Å². The fourth-order valence-electron chi connectivity index (χ4n) is 1.20. The van der Waals surface area contributed by atoms with Crippen molar-refractivity contribution in [3.63, 3.8) is 0 Å². The van der Waals surface area contributed by atoms with Gasteiger partial charge >= 0.3 is 5.97 Å². The summed E-state index contributed by atoms with van der Waals surface area (Å²) < 4.78 is 1.62. The summed E-state index contributed by atoms with van der Waals surface area (Å²) in [6, 6.07) is 9.47. The highest BCUT2D eigenvalue weighted by Crippen LogP contribution is 2.18. The second kappa shape index (κ2) is 4.80. The first-order chi connectivity index (χ1) is 7.77. The largest absolute Gasteiger partial charge is 0.481 e. The van der Waals surface area contributed by atoms with Crippen LogP contribution < -0.4 is 0 Å². The fraction of sp³-hybridized carbons (Fsp3) is 0.100. The average Bonchev–Trinajstić information content (AvgIpc) is 2.75. The number of nitrogens with zero attached hydrogens (tertiary/aromatic N) is 3. The lowest BCUT2D eigenvalue weighted by Gasteiger charge is -2.03. The number of para-hydroxylation sites is 1. The quantitative estimate of drug-likeness (QED) is 0.812. The number of carboxylic acids is 1. The number of aliphatic carboxylic acids is 1. The molecule has 2 rings (SSSR count). The van der Waals surface area contributed by atoms with Crippen molar-refractivity contribution in [3.05, 3.63) is 36.7 Å². The summed E-state index contributed by atoms with van der Waals surface area (Å²) in [5.74, 6) is -0.890. The molecule has 0 atom stereocenters. The van der Waals surface area contributed by atoms with E-state index in [2.05, 4.69) is 10.1 Å². The summed E-state index contributed by atoms with van der Waals surface area (Å²) in [7, 11) is 0. The lowest BCUT2D eigenvalue weighted by Crippen LogP contribution is -2.02. The first-order valence-corrected chi connectivity index (χ1v) is 5.56. The molecule has 0 amide bonds. The van der Waals surface area contributed by atoms with Gasteiger partial charge in [-0.05, 0) is 12.1 Å². The lowest BCUT2D eigenvalue weighted by molar-refractivity contribution is -0.133. The molecule has 1 heterocycles. The number of carbonyl (C=O) groups is 1. The number of hydrogen-bond donors (Lipinski definition) is 1. The minimum atomic E-state index is -0.868. The molecule has 1 aromatic carbocycles. The Morgan fingerprint density at radius 3 is 2.81 bits per heavy atom. The predicted molar refractivity (Wildman–Crippen MR) is 59.7 cm³/mol. The van der Waals surface area contributed by atoms with Gasteiger partial charge < -0.3 is 5.11 Å². The maximum absolute atomic E-state index is 10.5. The first kappa shape index (κ1) is 10.7. The molecule has 1 N–H and O–H groups in total. The minimum Gasteiger partial charge on any atom is -0.481 e. The second-order valence-corrected chi connectivity index (χ2v) is 3.91. The van der Waals surface area contributed by atoms with Crippen LogP contribution in [0.1, 0.15) is 0 Å². The Balaban J connectivity index is 2.23. The Labute approximate surface area is 96.1 Å². The fourth-order valence-corrected chi connectivity index (χ4v) is 1.85. The van der Waals surface area contributed by atoms with Gasteiger partial charge in [0.2, 0.25) is 0 Å². The molecule has 0 aliphatic carbocycles. The Hall–Kier alpha value is -1.82. The maximum atomic E-state index is 10.5. The summed E-state index contributed by atoms with van der Waals surface area (Å²) in [5, 5.41) is 13.2. The SMILES string of the molecule is O=C(O)CSc1ncnn1-c1ccccc1. The predicted octanol–water partition coefficient (Wildman–Crippen LogP) is 1.44. The van der Waals surface area contributed by atoms with Gasteiger partial charge in [0.1, 0.15) is 6.33 Å². The molecule has 0 bridgehead atoms. The molecule has 0 radical (unpaired) electrons. The van der Waals surface area contributed by atoms with Gasteiger partial charge in [-0.25, -0.2) is 9.67 Å². The van der Waals surface area contributed by atoms with E-state index in [0.29, 0.717) is 5.16 Å². The standard InChI is InChI=1S/C10H9N3O2S/c14-9(15)6-16-10-11-7-12-13(10)8-4-2-1-3-5-8/h1-5,7H,6H2,(H,14,15). The normalized spacial score (nSPS) is 10.2. The van der Waals surface area contributed by atoms with Crippen LogP contribution >= 0.6 is 11.8 Å². The molecule has 5 nitrogen and oxygen atoms in total. The Kier molecular flexibility index (Phi) is 3.21. The van der Waals surface area contributed by atoms with Crippen molar-refractivity contribution < 1.29 is 9.90 Å². The van der Waals surface area contributed by atoms with E-state index in [1.54, 1.807) is 4.68 Å². The number of carboxylic acid groups (broad SMARTS) is 1. The van der Waals surface area contributed by atoms with E-state index in [0.717, 1.165) is 17.4 Å². The van der Waals surface area contributed by atoms with Crippen LogP contribution in [0.3, 0.4) is 0 Å². The van der Waals surface area contributed by atoms with E-state index >= 15 is 0 Å². The van der Waals surface area contributed by atoms with Crippen LogP contribution in [-0.4, -0.2) is 31.6 Å². The van der Waals surface area contributed by atoms with E-state index in [4.69, 9.17) is 5.11 Å². The van der Waals surface area contributed by atoms with Gasteiger partial charge in [0, 0.05) is 0 Å². The zero-order chi connectivity index (χ0) is 11.4. The highest BCUT2D eigenvalue weighted by molar-refractivity contribution is 7.99. The zero-order valence-corrected chi connectivity index (χ0v) is 9.09. The van der Waals surface area contributed by atoms with Gasteiger partial charge in [-0.15, -0.1) is 0 Å². The van der Waals surface area contributed by atoms with Gasteiger partial charge in [0.05, 0.1) is 11.4 Å². The number of rotatable bonds is 4. The van der Waals surface area contributed by atoms with Crippen LogP contribution in [0.2, 0.25) is 0 Å². The van der Waals surface area contributed by atoms with Gasteiger partial charge in [-0.2, -0.15) is 5.10 Å². The first-order valence-electron chi connectivity index (χ1n) is 4.57. The molecule has 0 spiro atoms. The van der Waals surface area contributed by atoms with E-state index in [1.165, 1.54) is 6.33 Å². The van der Waals surface area contributed by atoms with Crippen LogP contribution in [-0.2, 0) is 4.79 Å². The van der Waals surface area contributed by atoms with Crippen molar-refractivity contribution in [2.75, 3.05) is 5.75 Å². The number of aromatic nitrogens is 3. The summed E-state index contributed by atoms with van der Waals surface area (Å²) in [6.07, 6.45) is 1.41. The lowest BCUT2D eigenvalue weighted by atomic mass is 10.3. The molecule has 0 saturated carbocycles. The maximum Gasteiger partial charge on any atom is 0.313 e. The molecule has 6 heteroatoms. The Bertz CT molecular complexity index is 484. The second-order valence-electron chi connectivity index (χ2n) is 2.97. The smallest absolute Gasteiger partial charge is 0.313 e. The van der Waals surface area contributed by atoms with Crippen molar-refractivity contribution >= 4 is 17.7 Å². The Morgan fingerprint density at radius 1 is 1.38 bits per heavy atom. The van der Waals surface area contributed by atoms with Crippen LogP contribution in [0.5, 0.6) is 0 Å². The summed E-state index contributed by atoms with van der Waals surface area (Å²) >= 11 is 1.15. The summed E-state index contributed by atoms with van der Waals surface area (Å²) in [4.78, 5) is 14.5. The zero-order valence-electron chi connectivity index (χ0n) is 8.28. The van der Waals surface area contributed by atoms with E-state index < -0.39 is 5.97 Å². The highest BCUT2D eigenvalue weighted by atomic mass is 32.2. The van der Waals surface area contributed by atoms with Crippen LogP contribution in [0.15, 0.2) is 41.8 Å². The van der Waals surface area contributed by atoms with Crippen LogP contribution in [0.25, 0.3) is 5.69 Å². The average molecular weight is 235 g/mol. The van der Waals surface area contributed by atoms with Gasteiger partial charge in [-0.1, -0.05) is 30.0 Å². The van der Waals surface area contributed by atoms with Gasteiger partial charge in [0.15, 0.2) is 5.16 Å². The van der Waals surface area contributed by atoms with Crippen molar-refractivity contribution in [1.82, 2.24) is 14.8 Å². The van der Waals surface area contributed by atoms with Crippen LogP contribution in [0.4, 0.5) is 0 Å². The molecule has 2 aromatic rings. The molecule has 1 aromatic heterocycles. The molecule has 16 heavy (non-hydrogen) atoms. The molecule has 0 unspecified atom stereocenters. The molecule has 82 valence electrons. The highest BCUT2D eigenvalue weighted by Gasteiger charge is 2.08. The van der Waals surface area contributed by atoms with Gasteiger partial charge in [-0.3, -0.25) is 4.79 Å². The van der Waals surface area contributed by atoms with Gasteiger partial charge in [0.25, 0.3) is 0 Å². The molecule has 0 saturated heterocycles. The third-order valence-electron chi connectivity index (χ3n) is 1.84. The van der Waals surface area contributed by atoms with Crippen molar-refractivity contribution in [3.8, 4) is 5.69 Å². The number of benzene rings is 1. The molecule has 0 fully saturated rings. The monoisotopic (exact) mass is 235 g/mol. The molecular weight excluding hydrogens is 226 g/mol. The molecular formula is C10H9N3O2S. The number of thioether (sulfide) groups is 1. The third kappa shape index (κ3) is 2.40. The third-order valence-corrected chi connectivity index (χ3v) is 2.77. The summed E-state index contributed by atoms with van der Waals surface area (Å²) in [6.45, 7) is 0. The van der Waals surface area contributed by atoms with E-state index in [-0.39, 0.29) is 5.75 Å². The number of hydrogen-bond acceptors (Lipinski definition) is 4. The Morgan fingerprint density at radius 2 is 2.12 bits per heavy atom. The van der Waals surface area contributed by atoms with Crippen molar-refractivity contribution in [2.45, 2.75) is 5.16 Å². The van der Waals surface area contributed by atoms with Crippen molar-refractivity contribution in [1.29, 1.82) is 0 Å². The molecule has 0 aliphatic rings. The van der Waals surface area contributed by atoms with Crippen LogP contribution in [0, 0.1) is 0 Å². The van der Waals surface area contributed by atoms with E-state index in [1.807, 2.05) is 30.3 Å². The summed E-state index contributed by atoms with van der Waals surface area (Å²) in [5.41, 5.74) is 0.868. The molecule has 0 aliphatic heterocycles. The topological polar surface area (TPSA) is 68.0 Å².